The molecule has 0 aliphatic heterocycles. The standard InChI is InChI=1S/C13H13NO3/c1-9-6-7-17-12(9)13(16)14-11-4-2-10(8-15)3-5-11/h2-7,15H,8H2,1H3,(H,14,16). The maximum absolute atomic E-state index is 11.8. The Bertz CT molecular complexity index is 514. The number of furan rings is 1. The number of carbonyl (C=O) groups excluding carboxylic acids is 1. The number of aryl methyl sites for hydroxylation is 1. The number of hydrogen-bond acceptors (Lipinski definition) is 3. The van der Waals surface area contributed by atoms with Crippen LogP contribution in [-0.4, -0.2) is 11.0 Å². The van der Waals surface area contributed by atoms with Crippen LogP contribution in [0.3, 0.4) is 0 Å². The first-order chi connectivity index (χ1) is 8.20. The summed E-state index contributed by atoms with van der Waals surface area (Å²) in [6, 6.07) is 8.72. The van der Waals surface area contributed by atoms with Gasteiger partial charge < -0.3 is 14.8 Å². The second kappa shape index (κ2) is 4.84. The highest BCUT2D eigenvalue weighted by Gasteiger charge is 2.12. The van der Waals surface area contributed by atoms with Gasteiger partial charge in [0, 0.05) is 11.3 Å². The van der Waals surface area contributed by atoms with Gasteiger partial charge >= 0.3 is 0 Å². The summed E-state index contributed by atoms with van der Waals surface area (Å²) in [7, 11) is 0. The number of aliphatic hydroxyl groups excluding tert-OH is 1. The lowest BCUT2D eigenvalue weighted by Gasteiger charge is -2.04. The van der Waals surface area contributed by atoms with Gasteiger partial charge in [-0.05, 0) is 30.7 Å². The smallest absolute Gasteiger partial charge is 0.291 e. The third-order valence-corrected chi connectivity index (χ3v) is 2.46. The molecule has 4 heteroatoms. The van der Waals surface area contributed by atoms with Crippen LogP contribution in [0.1, 0.15) is 21.7 Å². The summed E-state index contributed by atoms with van der Waals surface area (Å²) in [5.74, 6) is 0.0421. The van der Waals surface area contributed by atoms with Crippen molar-refractivity contribution in [2.75, 3.05) is 5.32 Å². The number of anilines is 1. The first-order valence-corrected chi connectivity index (χ1v) is 5.26. The predicted molar refractivity (Wildman–Crippen MR) is 63.8 cm³/mol. The zero-order valence-electron chi connectivity index (χ0n) is 9.43. The molecule has 0 unspecified atom stereocenters. The van der Waals surface area contributed by atoms with Gasteiger partial charge in [-0.25, -0.2) is 0 Å². The lowest BCUT2D eigenvalue weighted by Crippen LogP contribution is -2.11. The van der Waals surface area contributed by atoms with Gasteiger partial charge in [0.1, 0.15) is 0 Å². The topological polar surface area (TPSA) is 62.5 Å². The van der Waals surface area contributed by atoms with Gasteiger partial charge in [-0.3, -0.25) is 4.79 Å². The Kier molecular flexibility index (Phi) is 3.25. The molecule has 1 amide bonds. The first kappa shape index (κ1) is 11.4. The normalized spacial score (nSPS) is 10.2. The van der Waals surface area contributed by atoms with Gasteiger partial charge in [0.2, 0.25) is 0 Å². The molecule has 0 aliphatic carbocycles. The van der Waals surface area contributed by atoms with Crippen LogP contribution in [-0.2, 0) is 6.61 Å². The predicted octanol–water partition coefficient (Wildman–Crippen LogP) is 2.33. The van der Waals surface area contributed by atoms with E-state index in [1.807, 2.05) is 6.92 Å². The SMILES string of the molecule is Cc1ccoc1C(=O)Nc1ccc(CO)cc1. The van der Waals surface area contributed by atoms with Gasteiger partial charge in [-0.15, -0.1) is 0 Å². The third-order valence-electron chi connectivity index (χ3n) is 2.46. The fourth-order valence-electron chi connectivity index (χ4n) is 1.49. The minimum absolute atomic E-state index is 0.00841. The second-order valence-electron chi connectivity index (χ2n) is 3.74. The highest BCUT2D eigenvalue weighted by Crippen LogP contribution is 2.14. The zero-order valence-corrected chi connectivity index (χ0v) is 9.43. The fourth-order valence-corrected chi connectivity index (χ4v) is 1.49. The van der Waals surface area contributed by atoms with Crippen molar-refractivity contribution in [1.82, 2.24) is 0 Å². The molecule has 1 heterocycles. The molecule has 0 aliphatic rings. The summed E-state index contributed by atoms with van der Waals surface area (Å²) < 4.78 is 5.09. The molecule has 1 aromatic carbocycles. The maximum Gasteiger partial charge on any atom is 0.291 e. The highest BCUT2D eigenvalue weighted by molar-refractivity contribution is 6.03. The van der Waals surface area contributed by atoms with Crippen LogP contribution >= 0.6 is 0 Å². The van der Waals surface area contributed by atoms with Crippen LogP contribution < -0.4 is 5.32 Å². The summed E-state index contributed by atoms with van der Waals surface area (Å²) >= 11 is 0. The van der Waals surface area contributed by atoms with Crippen LogP contribution in [0.5, 0.6) is 0 Å². The van der Waals surface area contributed by atoms with E-state index >= 15 is 0 Å². The average molecular weight is 231 g/mol. The van der Waals surface area contributed by atoms with Crippen molar-refractivity contribution in [1.29, 1.82) is 0 Å². The third kappa shape index (κ3) is 2.54. The van der Waals surface area contributed by atoms with Crippen molar-refractivity contribution in [2.45, 2.75) is 13.5 Å². The van der Waals surface area contributed by atoms with Gasteiger partial charge in [-0.2, -0.15) is 0 Å². The molecular formula is C13H13NO3. The Morgan fingerprint density at radius 2 is 2.00 bits per heavy atom. The van der Waals surface area contributed by atoms with Gasteiger partial charge in [0.15, 0.2) is 5.76 Å². The van der Waals surface area contributed by atoms with Crippen molar-refractivity contribution in [3.8, 4) is 0 Å². The van der Waals surface area contributed by atoms with E-state index in [2.05, 4.69) is 5.32 Å². The molecule has 0 spiro atoms. The second-order valence-corrected chi connectivity index (χ2v) is 3.74. The van der Waals surface area contributed by atoms with E-state index in [9.17, 15) is 4.79 Å². The molecule has 4 nitrogen and oxygen atoms in total. The van der Waals surface area contributed by atoms with Crippen LogP contribution in [0, 0.1) is 6.92 Å². The van der Waals surface area contributed by atoms with E-state index in [-0.39, 0.29) is 12.5 Å². The van der Waals surface area contributed by atoms with Crippen molar-refractivity contribution in [2.24, 2.45) is 0 Å². The molecule has 0 atom stereocenters. The van der Waals surface area contributed by atoms with Crippen molar-refractivity contribution < 1.29 is 14.3 Å². The van der Waals surface area contributed by atoms with Crippen LogP contribution in [0.15, 0.2) is 41.0 Å². The maximum atomic E-state index is 11.8. The monoisotopic (exact) mass is 231 g/mol. The fraction of sp³-hybridized carbons (Fsp3) is 0.154. The number of amides is 1. The molecule has 88 valence electrons. The molecule has 0 radical (unpaired) electrons. The van der Waals surface area contributed by atoms with E-state index in [1.54, 1.807) is 30.3 Å². The summed E-state index contributed by atoms with van der Waals surface area (Å²) in [5.41, 5.74) is 2.27. The number of hydrogen-bond donors (Lipinski definition) is 2. The molecular weight excluding hydrogens is 218 g/mol. The van der Waals surface area contributed by atoms with E-state index in [0.717, 1.165) is 11.1 Å². The molecule has 0 saturated heterocycles. The number of benzene rings is 1. The summed E-state index contributed by atoms with van der Waals surface area (Å²) in [4.78, 5) is 11.8. The number of rotatable bonds is 3. The van der Waals surface area contributed by atoms with Gasteiger partial charge in [0.05, 0.1) is 12.9 Å². The molecule has 1 aromatic heterocycles. The van der Waals surface area contributed by atoms with Gasteiger partial charge in [-0.1, -0.05) is 12.1 Å². The van der Waals surface area contributed by atoms with E-state index in [0.29, 0.717) is 11.4 Å². The lowest BCUT2D eigenvalue weighted by atomic mass is 10.2. The Hall–Kier alpha value is -2.07. The Morgan fingerprint density at radius 3 is 2.53 bits per heavy atom. The largest absolute Gasteiger partial charge is 0.459 e. The van der Waals surface area contributed by atoms with E-state index < -0.39 is 0 Å². The van der Waals surface area contributed by atoms with Crippen LogP contribution in [0.2, 0.25) is 0 Å². The molecule has 0 saturated carbocycles. The van der Waals surface area contributed by atoms with Crippen LogP contribution in [0.4, 0.5) is 5.69 Å². The number of aliphatic hydroxyl groups is 1. The van der Waals surface area contributed by atoms with E-state index in [4.69, 9.17) is 9.52 Å². The molecule has 17 heavy (non-hydrogen) atoms. The van der Waals surface area contributed by atoms with Crippen molar-refractivity contribution in [3.63, 3.8) is 0 Å². The van der Waals surface area contributed by atoms with Crippen molar-refractivity contribution in [3.05, 3.63) is 53.5 Å². The molecule has 2 aromatic rings. The highest BCUT2D eigenvalue weighted by atomic mass is 16.3. The summed E-state index contributed by atoms with van der Waals surface area (Å²) in [6.45, 7) is 1.80. The minimum Gasteiger partial charge on any atom is -0.459 e. The first-order valence-electron chi connectivity index (χ1n) is 5.26. The summed E-state index contributed by atoms with van der Waals surface area (Å²) in [6.07, 6.45) is 1.49. The Labute approximate surface area is 98.9 Å². The molecule has 0 fully saturated rings. The minimum atomic E-state index is -0.274. The van der Waals surface area contributed by atoms with Gasteiger partial charge in [0.25, 0.3) is 5.91 Å². The molecule has 2 N–H and O–H groups in total. The number of carbonyl (C=O) groups is 1. The zero-order chi connectivity index (χ0) is 12.3. The van der Waals surface area contributed by atoms with Crippen LogP contribution in [0.25, 0.3) is 0 Å². The Balaban J connectivity index is 2.10. The quantitative estimate of drug-likeness (QED) is 0.852. The summed E-state index contributed by atoms with van der Waals surface area (Å²) in [5, 5.41) is 11.6. The van der Waals surface area contributed by atoms with Crippen molar-refractivity contribution >= 4 is 11.6 Å². The van der Waals surface area contributed by atoms with E-state index in [1.165, 1.54) is 6.26 Å². The Morgan fingerprint density at radius 1 is 1.29 bits per heavy atom. The number of nitrogens with one attached hydrogen (secondary N) is 1. The molecule has 2 rings (SSSR count). The average Bonchev–Trinajstić information content (AvgIpc) is 2.76. The molecule has 0 bridgehead atoms. The lowest BCUT2D eigenvalue weighted by molar-refractivity contribution is 0.0996.